The molecule has 0 atom stereocenters. The monoisotopic (exact) mass is 397 g/mol. The molecule has 0 spiro atoms. The summed E-state index contributed by atoms with van der Waals surface area (Å²) in [7, 11) is 1.73. The van der Waals surface area contributed by atoms with Crippen LogP contribution < -0.4 is 10.6 Å². The zero-order chi connectivity index (χ0) is 13.2. The Morgan fingerprint density at radius 1 is 1.37 bits per heavy atom. The van der Waals surface area contributed by atoms with Crippen molar-refractivity contribution in [2.24, 2.45) is 4.99 Å². The number of guanidine groups is 1. The first kappa shape index (κ1) is 18.5. The van der Waals surface area contributed by atoms with E-state index >= 15 is 0 Å². The van der Waals surface area contributed by atoms with Crippen LogP contribution in [-0.4, -0.2) is 31.6 Å². The van der Waals surface area contributed by atoms with E-state index in [2.05, 4.69) is 21.9 Å². The lowest BCUT2D eigenvalue weighted by Gasteiger charge is -2.11. The van der Waals surface area contributed by atoms with Crippen LogP contribution >= 0.6 is 35.7 Å². The summed E-state index contributed by atoms with van der Waals surface area (Å²) < 4.78 is 13.0. The van der Waals surface area contributed by atoms with Gasteiger partial charge in [-0.1, -0.05) is 12.1 Å². The van der Waals surface area contributed by atoms with Crippen LogP contribution in [0.4, 0.5) is 4.39 Å². The molecule has 0 bridgehead atoms. The van der Waals surface area contributed by atoms with Crippen molar-refractivity contribution >= 4 is 41.7 Å². The predicted octanol–water partition coefficient (Wildman–Crippen LogP) is 2.86. The summed E-state index contributed by atoms with van der Waals surface area (Å²) in [4.78, 5) is 4.12. The SMILES string of the molecule is CN=C(NCCCSC)NCc1cccc(F)c1.I. The van der Waals surface area contributed by atoms with Crippen LogP contribution in [-0.2, 0) is 6.54 Å². The molecule has 1 aromatic carbocycles. The summed E-state index contributed by atoms with van der Waals surface area (Å²) in [5, 5.41) is 6.38. The molecule has 2 N–H and O–H groups in total. The Balaban J connectivity index is 0.00000324. The standard InChI is InChI=1S/C13H20FN3S.HI/c1-15-13(16-7-4-8-18-2)17-10-11-5-3-6-12(14)9-11;/h3,5-6,9H,4,7-8,10H2,1-2H3,(H2,15,16,17);1H. The largest absolute Gasteiger partial charge is 0.356 e. The van der Waals surface area contributed by atoms with Gasteiger partial charge in [0.25, 0.3) is 0 Å². The molecule has 0 aliphatic carbocycles. The molecule has 0 unspecified atom stereocenters. The first-order valence-corrected chi connectivity index (χ1v) is 7.33. The van der Waals surface area contributed by atoms with Crippen molar-refractivity contribution in [2.75, 3.05) is 25.6 Å². The Labute approximate surface area is 135 Å². The van der Waals surface area contributed by atoms with Crippen LogP contribution in [0.5, 0.6) is 0 Å². The van der Waals surface area contributed by atoms with E-state index in [9.17, 15) is 4.39 Å². The van der Waals surface area contributed by atoms with Gasteiger partial charge in [-0.3, -0.25) is 4.99 Å². The molecule has 0 aliphatic rings. The van der Waals surface area contributed by atoms with E-state index in [4.69, 9.17) is 0 Å². The van der Waals surface area contributed by atoms with Crippen LogP contribution in [0, 0.1) is 5.82 Å². The second-order valence-electron chi connectivity index (χ2n) is 3.83. The van der Waals surface area contributed by atoms with Gasteiger partial charge >= 0.3 is 0 Å². The maximum Gasteiger partial charge on any atom is 0.191 e. The number of nitrogens with one attached hydrogen (secondary N) is 2. The van der Waals surface area contributed by atoms with E-state index in [1.54, 1.807) is 13.1 Å². The molecule has 0 fully saturated rings. The third kappa shape index (κ3) is 8.30. The van der Waals surface area contributed by atoms with Crippen molar-refractivity contribution in [3.05, 3.63) is 35.6 Å². The van der Waals surface area contributed by atoms with Gasteiger partial charge in [-0.15, -0.1) is 24.0 Å². The van der Waals surface area contributed by atoms with Crippen LogP contribution in [0.3, 0.4) is 0 Å². The average Bonchev–Trinajstić information content (AvgIpc) is 2.38. The van der Waals surface area contributed by atoms with Crippen LogP contribution in [0.15, 0.2) is 29.3 Å². The molecule has 19 heavy (non-hydrogen) atoms. The lowest BCUT2D eigenvalue weighted by molar-refractivity contribution is 0.624. The van der Waals surface area contributed by atoms with E-state index in [1.807, 2.05) is 17.8 Å². The number of halogens is 2. The number of benzene rings is 1. The molecule has 0 aromatic heterocycles. The molecular weight excluding hydrogens is 376 g/mol. The normalized spacial score (nSPS) is 10.8. The predicted molar refractivity (Wildman–Crippen MR) is 93.0 cm³/mol. The average molecular weight is 397 g/mol. The number of rotatable bonds is 6. The number of nitrogens with zero attached hydrogens (tertiary/aromatic N) is 1. The highest BCUT2D eigenvalue weighted by Crippen LogP contribution is 2.02. The second kappa shape index (κ2) is 11.3. The fourth-order valence-corrected chi connectivity index (χ4v) is 1.91. The molecule has 0 saturated carbocycles. The van der Waals surface area contributed by atoms with Gasteiger partial charge in [0.2, 0.25) is 0 Å². The van der Waals surface area contributed by atoms with Gasteiger partial charge in [0.1, 0.15) is 5.82 Å². The van der Waals surface area contributed by atoms with Gasteiger partial charge in [-0.2, -0.15) is 11.8 Å². The van der Waals surface area contributed by atoms with Gasteiger partial charge in [0.05, 0.1) is 0 Å². The highest BCUT2D eigenvalue weighted by atomic mass is 127. The van der Waals surface area contributed by atoms with Gasteiger partial charge in [0.15, 0.2) is 5.96 Å². The van der Waals surface area contributed by atoms with Crippen molar-refractivity contribution in [1.82, 2.24) is 10.6 Å². The molecule has 6 heteroatoms. The summed E-state index contributed by atoms with van der Waals surface area (Å²) in [6, 6.07) is 6.56. The molecule has 3 nitrogen and oxygen atoms in total. The van der Waals surface area contributed by atoms with Gasteiger partial charge in [-0.25, -0.2) is 4.39 Å². The Hall–Kier alpha value is -0.500. The van der Waals surface area contributed by atoms with Crippen molar-refractivity contribution in [2.45, 2.75) is 13.0 Å². The van der Waals surface area contributed by atoms with Gasteiger partial charge in [-0.05, 0) is 36.1 Å². The number of aliphatic imine (C=N–C) groups is 1. The highest BCUT2D eigenvalue weighted by Gasteiger charge is 1.98. The summed E-state index contributed by atoms with van der Waals surface area (Å²) in [5.74, 6) is 1.67. The minimum absolute atomic E-state index is 0. The third-order valence-corrected chi connectivity index (χ3v) is 3.09. The third-order valence-electron chi connectivity index (χ3n) is 2.39. The maximum atomic E-state index is 13.0. The Kier molecular flexibility index (Phi) is 11.0. The number of hydrogen-bond acceptors (Lipinski definition) is 2. The molecule has 1 aromatic rings. The topological polar surface area (TPSA) is 36.4 Å². The van der Waals surface area contributed by atoms with E-state index in [0.717, 1.165) is 30.2 Å². The first-order valence-electron chi connectivity index (χ1n) is 5.94. The quantitative estimate of drug-likeness (QED) is 0.336. The van der Waals surface area contributed by atoms with Crippen molar-refractivity contribution in [3.63, 3.8) is 0 Å². The zero-order valence-electron chi connectivity index (χ0n) is 11.3. The van der Waals surface area contributed by atoms with Crippen molar-refractivity contribution in [1.29, 1.82) is 0 Å². The Bertz CT molecular complexity index is 388. The van der Waals surface area contributed by atoms with Crippen molar-refractivity contribution in [3.8, 4) is 0 Å². The first-order chi connectivity index (χ1) is 8.76. The minimum Gasteiger partial charge on any atom is -0.356 e. The smallest absolute Gasteiger partial charge is 0.191 e. The Morgan fingerprint density at radius 3 is 2.79 bits per heavy atom. The summed E-state index contributed by atoms with van der Waals surface area (Å²) in [6.45, 7) is 1.46. The fourth-order valence-electron chi connectivity index (χ4n) is 1.48. The molecule has 0 radical (unpaired) electrons. The van der Waals surface area contributed by atoms with Crippen molar-refractivity contribution < 1.29 is 4.39 Å². The zero-order valence-corrected chi connectivity index (χ0v) is 14.4. The highest BCUT2D eigenvalue weighted by molar-refractivity contribution is 14.0. The molecule has 0 heterocycles. The molecule has 0 aliphatic heterocycles. The molecule has 1 rings (SSSR count). The molecular formula is C13H21FIN3S. The molecule has 0 amide bonds. The van der Waals surface area contributed by atoms with E-state index in [0.29, 0.717) is 6.54 Å². The van der Waals surface area contributed by atoms with E-state index < -0.39 is 0 Å². The number of hydrogen-bond donors (Lipinski definition) is 2. The lowest BCUT2D eigenvalue weighted by Crippen LogP contribution is -2.37. The second-order valence-corrected chi connectivity index (χ2v) is 4.81. The Morgan fingerprint density at radius 2 is 2.16 bits per heavy atom. The van der Waals surface area contributed by atoms with Crippen LogP contribution in [0.2, 0.25) is 0 Å². The molecule has 108 valence electrons. The van der Waals surface area contributed by atoms with Crippen LogP contribution in [0.25, 0.3) is 0 Å². The summed E-state index contributed by atoms with van der Waals surface area (Å²) in [5.41, 5.74) is 0.905. The fraction of sp³-hybridized carbons (Fsp3) is 0.462. The summed E-state index contributed by atoms with van der Waals surface area (Å²) in [6.07, 6.45) is 3.19. The molecule has 0 saturated heterocycles. The van der Waals surface area contributed by atoms with Gasteiger partial charge in [0, 0.05) is 20.1 Å². The van der Waals surface area contributed by atoms with Crippen LogP contribution in [0.1, 0.15) is 12.0 Å². The maximum absolute atomic E-state index is 13.0. The minimum atomic E-state index is -0.211. The lowest BCUT2D eigenvalue weighted by atomic mass is 10.2. The van der Waals surface area contributed by atoms with E-state index in [1.165, 1.54) is 12.1 Å². The van der Waals surface area contributed by atoms with E-state index in [-0.39, 0.29) is 29.8 Å². The van der Waals surface area contributed by atoms with Gasteiger partial charge < -0.3 is 10.6 Å². The summed E-state index contributed by atoms with van der Waals surface area (Å²) >= 11 is 1.83. The number of thioether (sulfide) groups is 1.